The summed E-state index contributed by atoms with van der Waals surface area (Å²) in [6, 6.07) is 13.2. The van der Waals surface area contributed by atoms with Crippen molar-refractivity contribution in [1.82, 2.24) is 20.3 Å². The van der Waals surface area contributed by atoms with E-state index in [-0.39, 0.29) is 17.4 Å². The van der Waals surface area contributed by atoms with Crippen molar-refractivity contribution >= 4 is 45.7 Å². The van der Waals surface area contributed by atoms with Crippen molar-refractivity contribution in [2.24, 2.45) is 0 Å². The number of Topliss-reactive ketones (excluding diaryl/α,β-unsaturated/α-hetero) is 1. The van der Waals surface area contributed by atoms with Gasteiger partial charge in [-0.15, -0.1) is 11.3 Å². The summed E-state index contributed by atoms with van der Waals surface area (Å²) in [6.45, 7) is 2.25. The van der Waals surface area contributed by atoms with Crippen LogP contribution in [0.4, 0.5) is 0 Å². The average Bonchev–Trinajstić information content (AvgIpc) is 3.34. The number of pyridine rings is 1. The number of aryl methyl sites for hydroxylation is 2. The Morgan fingerprint density at radius 1 is 1.15 bits per heavy atom. The molecule has 0 spiro atoms. The van der Waals surface area contributed by atoms with Gasteiger partial charge in [0.05, 0.1) is 29.8 Å². The van der Waals surface area contributed by atoms with E-state index in [2.05, 4.69) is 20.3 Å². The van der Waals surface area contributed by atoms with Crippen LogP contribution in [0.2, 0.25) is 0 Å². The fourth-order valence-electron chi connectivity index (χ4n) is 3.33. The summed E-state index contributed by atoms with van der Waals surface area (Å²) in [5, 5.41) is 4.54. The highest BCUT2D eigenvalue weighted by molar-refractivity contribution is 8.00. The molecular formula is C25H24N4O3S2. The number of carbonyl (C=O) groups excluding carboxylic acids is 2. The van der Waals surface area contributed by atoms with Gasteiger partial charge in [-0.25, -0.2) is 9.97 Å². The minimum absolute atomic E-state index is 0.0245. The van der Waals surface area contributed by atoms with Gasteiger partial charge in [0.1, 0.15) is 16.6 Å². The van der Waals surface area contributed by atoms with Crippen LogP contribution in [0.15, 0.2) is 59.9 Å². The molecule has 4 rings (SSSR count). The summed E-state index contributed by atoms with van der Waals surface area (Å²) in [4.78, 5) is 39.6. The Labute approximate surface area is 206 Å². The summed E-state index contributed by atoms with van der Waals surface area (Å²) in [5.41, 5.74) is 1.85. The maximum Gasteiger partial charge on any atom is 0.220 e. The minimum atomic E-state index is -0.0258. The molecule has 0 aliphatic heterocycles. The lowest BCUT2D eigenvalue weighted by Crippen LogP contribution is -2.22. The van der Waals surface area contributed by atoms with E-state index in [1.54, 1.807) is 19.5 Å². The van der Waals surface area contributed by atoms with Crippen molar-refractivity contribution in [3.05, 3.63) is 76.0 Å². The molecule has 4 aromatic rings. The number of hydrogen-bond acceptors (Lipinski definition) is 8. The second-order valence-electron chi connectivity index (χ2n) is 7.57. The number of benzene rings is 1. The van der Waals surface area contributed by atoms with Crippen LogP contribution in [0, 0.1) is 6.92 Å². The summed E-state index contributed by atoms with van der Waals surface area (Å²) in [5.74, 6) is 1.64. The van der Waals surface area contributed by atoms with E-state index in [4.69, 9.17) is 4.74 Å². The molecule has 0 fully saturated rings. The van der Waals surface area contributed by atoms with Gasteiger partial charge in [-0.1, -0.05) is 17.8 Å². The maximum atomic E-state index is 12.8. The van der Waals surface area contributed by atoms with Crippen LogP contribution < -0.4 is 10.1 Å². The predicted octanol–water partition coefficient (Wildman–Crippen LogP) is 4.63. The Morgan fingerprint density at radius 2 is 2.03 bits per heavy atom. The molecular weight excluding hydrogens is 468 g/mol. The lowest BCUT2D eigenvalue weighted by molar-refractivity contribution is -0.121. The molecule has 0 aliphatic carbocycles. The number of hydrogen-bond donors (Lipinski definition) is 1. The first-order valence-corrected chi connectivity index (χ1v) is 12.5. The molecule has 1 aromatic carbocycles. The molecule has 0 bridgehead atoms. The van der Waals surface area contributed by atoms with E-state index in [0.717, 1.165) is 32.1 Å². The smallest absolute Gasteiger partial charge is 0.220 e. The predicted molar refractivity (Wildman–Crippen MR) is 135 cm³/mol. The molecule has 0 unspecified atom stereocenters. The lowest BCUT2D eigenvalue weighted by Gasteiger charge is -2.08. The highest BCUT2D eigenvalue weighted by atomic mass is 32.2. The number of ketones is 1. The first-order chi connectivity index (χ1) is 16.5. The zero-order valence-electron chi connectivity index (χ0n) is 18.9. The second-order valence-corrected chi connectivity index (χ2v) is 9.71. The van der Waals surface area contributed by atoms with E-state index >= 15 is 0 Å². The zero-order valence-corrected chi connectivity index (χ0v) is 20.5. The number of aromatic nitrogens is 3. The van der Waals surface area contributed by atoms with Crippen LogP contribution in [0.1, 0.15) is 32.4 Å². The van der Waals surface area contributed by atoms with Gasteiger partial charge in [0.25, 0.3) is 0 Å². The van der Waals surface area contributed by atoms with Gasteiger partial charge in [-0.05, 0) is 55.3 Å². The van der Waals surface area contributed by atoms with Crippen molar-refractivity contribution in [3.8, 4) is 5.75 Å². The van der Waals surface area contributed by atoms with Gasteiger partial charge in [0.15, 0.2) is 5.78 Å². The van der Waals surface area contributed by atoms with Crippen LogP contribution in [0.5, 0.6) is 5.75 Å². The van der Waals surface area contributed by atoms with Gasteiger partial charge in [-0.3, -0.25) is 14.6 Å². The summed E-state index contributed by atoms with van der Waals surface area (Å²) >= 11 is 2.80. The van der Waals surface area contributed by atoms with Gasteiger partial charge >= 0.3 is 0 Å². The normalized spacial score (nSPS) is 10.9. The van der Waals surface area contributed by atoms with Crippen molar-refractivity contribution in [1.29, 1.82) is 0 Å². The minimum Gasteiger partial charge on any atom is -0.497 e. The van der Waals surface area contributed by atoms with E-state index in [1.807, 2.05) is 49.4 Å². The first-order valence-electron chi connectivity index (χ1n) is 10.7. The quantitative estimate of drug-likeness (QED) is 0.196. The van der Waals surface area contributed by atoms with Gasteiger partial charge in [0, 0.05) is 29.1 Å². The highest BCUT2D eigenvalue weighted by Crippen LogP contribution is 2.29. The fourth-order valence-corrected chi connectivity index (χ4v) is 5.25. The van der Waals surface area contributed by atoms with E-state index in [0.29, 0.717) is 30.1 Å². The molecule has 34 heavy (non-hydrogen) atoms. The zero-order chi connectivity index (χ0) is 23.9. The van der Waals surface area contributed by atoms with Crippen molar-refractivity contribution in [2.45, 2.75) is 31.3 Å². The average molecular weight is 493 g/mol. The van der Waals surface area contributed by atoms with Crippen molar-refractivity contribution in [2.75, 3.05) is 12.9 Å². The Morgan fingerprint density at radius 3 is 2.82 bits per heavy atom. The van der Waals surface area contributed by atoms with Crippen molar-refractivity contribution < 1.29 is 14.3 Å². The molecule has 0 aliphatic rings. The Kier molecular flexibility index (Phi) is 7.87. The first kappa shape index (κ1) is 23.8. The van der Waals surface area contributed by atoms with Crippen LogP contribution in [-0.4, -0.2) is 39.5 Å². The van der Waals surface area contributed by atoms with Crippen LogP contribution in [-0.2, 0) is 17.8 Å². The standard InChI is InChI=1S/C25H24N4O3S2/c1-16-28-21-8-6-18(32-2)12-20(21)25(29-16)33-15-22(30)23-9-7-19(34-23)14-27-24(31)10-5-17-4-3-11-26-13-17/h3-4,6-9,11-13H,5,10,14-15H2,1-2H3,(H,27,31). The number of fused-ring (bicyclic) bond motifs is 1. The molecule has 0 radical (unpaired) electrons. The Hall–Kier alpha value is -3.30. The molecule has 1 amide bonds. The maximum absolute atomic E-state index is 12.8. The van der Waals surface area contributed by atoms with Gasteiger partial charge in [0.2, 0.25) is 5.91 Å². The number of ether oxygens (including phenoxy) is 1. The summed E-state index contributed by atoms with van der Waals surface area (Å²) in [6.07, 6.45) is 4.53. The Bertz CT molecular complexity index is 1310. The molecule has 0 saturated carbocycles. The van der Waals surface area contributed by atoms with E-state index < -0.39 is 0 Å². The number of thioether (sulfide) groups is 1. The number of thiophene rings is 1. The number of amides is 1. The van der Waals surface area contributed by atoms with Gasteiger partial charge < -0.3 is 10.1 Å². The monoisotopic (exact) mass is 492 g/mol. The largest absolute Gasteiger partial charge is 0.497 e. The number of rotatable bonds is 10. The van der Waals surface area contributed by atoms with Crippen LogP contribution in [0.3, 0.4) is 0 Å². The number of nitrogens with one attached hydrogen (secondary N) is 1. The molecule has 0 atom stereocenters. The molecule has 7 nitrogen and oxygen atoms in total. The van der Waals surface area contributed by atoms with E-state index in [9.17, 15) is 9.59 Å². The molecule has 3 heterocycles. The van der Waals surface area contributed by atoms with Crippen LogP contribution in [0.25, 0.3) is 10.9 Å². The van der Waals surface area contributed by atoms with Gasteiger partial charge in [-0.2, -0.15) is 0 Å². The molecule has 0 saturated heterocycles. The lowest BCUT2D eigenvalue weighted by atomic mass is 10.1. The highest BCUT2D eigenvalue weighted by Gasteiger charge is 2.14. The molecule has 3 aromatic heterocycles. The molecule has 9 heteroatoms. The number of methoxy groups -OCH3 is 1. The van der Waals surface area contributed by atoms with Crippen LogP contribution >= 0.6 is 23.1 Å². The topological polar surface area (TPSA) is 94.1 Å². The third-order valence-corrected chi connectivity index (χ3v) is 7.20. The molecule has 174 valence electrons. The SMILES string of the molecule is COc1ccc2nc(C)nc(SCC(=O)c3ccc(CNC(=O)CCc4cccnc4)s3)c2c1. The van der Waals surface area contributed by atoms with E-state index in [1.165, 1.54) is 23.1 Å². The third kappa shape index (κ3) is 6.18. The second kappa shape index (κ2) is 11.2. The summed E-state index contributed by atoms with van der Waals surface area (Å²) in [7, 11) is 1.62. The number of nitrogens with zero attached hydrogens (tertiary/aromatic N) is 3. The van der Waals surface area contributed by atoms with Crippen molar-refractivity contribution in [3.63, 3.8) is 0 Å². The molecule has 1 N–H and O–H groups in total. The third-order valence-electron chi connectivity index (χ3n) is 5.08. The Balaban J connectivity index is 1.32. The summed E-state index contributed by atoms with van der Waals surface area (Å²) < 4.78 is 5.32. The fraction of sp³-hybridized carbons (Fsp3) is 0.240. The number of carbonyl (C=O) groups is 2.